The van der Waals surface area contributed by atoms with E-state index in [0.29, 0.717) is 12.3 Å². The third-order valence-electron chi connectivity index (χ3n) is 4.22. The summed E-state index contributed by atoms with van der Waals surface area (Å²) in [6, 6.07) is 4.63. The highest BCUT2D eigenvalue weighted by atomic mass is 16.5. The van der Waals surface area contributed by atoms with E-state index in [9.17, 15) is 14.7 Å². The zero-order valence-corrected chi connectivity index (χ0v) is 12.9. The zero-order valence-electron chi connectivity index (χ0n) is 12.9. The lowest BCUT2D eigenvalue weighted by Crippen LogP contribution is -2.15. The molecule has 1 saturated carbocycles. The van der Waals surface area contributed by atoms with E-state index in [-0.39, 0.29) is 22.9 Å². The molecular formula is C17H23NO4. The number of nitrogens with one attached hydrogen (secondary N) is 1. The third-order valence-corrected chi connectivity index (χ3v) is 4.22. The van der Waals surface area contributed by atoms with Gasteiger partial charge >= 0.3 is 5.97 Å². The maximum atomic E-state index is 12.0. The van der Waals surface area contributed by atoms with Crippen molar-refractivity contribution >= 4 is 17.6 Å². The van der Waals surface area contributed by atoms with Gasteiger partial charge in [0.1, 0.15) is 5.56 Å². The number of carbonyl (C=O) groups excluding carboxylic acids is 2. The van der Waals surface area contributed by atoms with Crippen LogP contribution in [0.4, 0.5) is 5.69 Å². The van der Waals surface area contributed by atoms with Crippen LogP contribution >= 0.6 is 0 Å². The number of aromatic hydroxyl groups is 1. The summed E-state index contributed by atoms with van der Waals surface area (Å²) in [6.07, 6.45) is 7.54. The first kappa shape index (κ1) is 16.3. The van der Waals surface area contributed by atoms with Crippen LogP contribution in [0.25, 0.3) is 0 Å². The number of ether oxygens (including phenoxy) is 1. The molecular weight excluding hydrogens is 282 g/mol. The fourth-order valence-electron chi connectivity index (χ4n) is 2.94. The summed E-state index contributed by atoms with van der Waals surface area (Å²) < 4.78 is 4.59. The molecule has 1 aliphatic carbocycles. The topological polar surface area (TPSA) is 75.6 Å². The molecule has 5 nitrogen and oxygen atoms in total. The van der Waals surface area contributed by atoms with Crippen molar-refractivity contribution in [2.45, 2.75) is 44.9 Å². The Kier molecular flexibility index (Phi) is 5.81. The van der Waals surface area contributed by atoms with Crippen molar-refractivity contribution in [3.8, 4) is 5.75 Å². The molecule has 120 valence electrons. The van der Waals surface area contributed by atoms with Gasteiger partial charge in [0.2, 0.25) is 5.91 Å². The third kappa shape index (κ3) is 4.23. The minimum Gasteiger partial charge on any atom is -0.505 e. The lowest BCUT2D eigenvalue weighted by Gasteiger charge is -2.21. The standard InChI is InChI=1S/C17H23NO4/c1-22-17(21)13-8-5-9-14(16(13)20)18-15(19)11-10-12-6-3-2-4-7-12/h5,8-9,12,20H,2-4,6-7,10-11H2,1H3,(H,18,19). The second-order valence-electron chi connectivity index (χ2n) is 5.78. The summed E-state index contributed by atoms with van der Waals surface area (Å²) in [4.78, 5) is 23.5. The van der Waals surface area contributed by atoms with Gasteiger partial charge in [0.25, 0.3) is 0 Å². The minimum absolute atomic E-state index is 0.0487. The van der Waals surface area contributed by atoms with Crippen LogP contribution in [0.5, 0.6) is 5.75 Å². The maximum Gasteiger partial charge on any atom is 0.341 e. The first-order valence-corrected chi connectivity index (χ1v) is 7.82. The van der Waals surface area contributed by atoms with Gasteiger partial charge in [-0.2, -0.15) is 0 Å². The predicted molar refractivity (Wildman–Crippen MR) is 83.9 cm³/mol. The van der Waals surface area contributed by atoms with E-state index in [0.717, 1.165) is 6.42 Å². The van der Waals surface area contributed by atoms with Gasteiger partial charge in [0.15, 0.2) is 5.75 Å². The largest absolute Gasteiger partial charge is 0.505 e. The molecule has 22 heavy (non-hydrogen) atoms. The Morgan fingerprint density at radius 3 is 2.68 bits per heavy atom. The summed E-state index contributed by atoms with van der Waals surface area (Å²) >= 11 is 0. The molecule has 5 heteroatoms. The fourth-order valence-corrected chi connectivity index (χ4v) is 2.94. The maximum absolute atomic E-state index is 12.0. The molecule has 1 aliphatic rings. The average molecular weight is 305 g/mol. The number of esters is 1. The van der Waals surface area contributed by atoms with Crippen LogP contribution in [0.3, 0.4) is 0 Å². The Balaban J connectivity index is 1.92. The molecule has 0 bridgehead atoms. The van der Waals surface area contributed by atoms with Crippen molar-refractivity contribution in [2.75, 3.05) is 12.4 Å². The molecule has 0 aromatic heterocycles. The fraction of sp³-hybridized carbons (Fsp3) is 0.529. The number of hydrogen-bond acceptors (Lipinski definition) is 4. The van der Waals surface area contributed by atoms with Crippen molar-refractivity contribution in [3.63, 3.8) is 0 Å². The number of hydrogen-bond donors (Lipinski definition) is 2. The van der Waals surface area contributed by atoms with Crippen LogP contribution in [-0.4, -0.2) is 24.1 Å². The molecule has 2 rings (SSSR count). The van der Waals surface area contributed by atoms with E-state index in [1.807, 2.05) is 0 Å². The summed E-state index contributed by atoms with van der Waals surface area (Å²) in [6.45, 7) is 0. The lowest BCUT2D eigenvalue weighted by molar-refractivity contribution is -0.116. The SMILES string of the molecule is COC(=O)c1cccc(NC(=O)CCC2CCCCC2)c1O. The van der Waals surface area contributed by atoms with Crippen molar-refractivity contribution in [2.24, 2.45) is 5.92 Å². The number of methoxy groups -OCH3 is 1. The Morgan fingerprint density at radius 2 is 2.00 bits per heavy atom. The molecule has 0 heterocycles. The molecule has 1 fully saturated rings. The van der Waals surface area contributed by atoms with Crippen LogP contribution in [0, 0.1) is 5.92 Å². The summed E-state index contributed by atoms with van der Waals surface area (Å²) in [7, 11) is 1.25. The van der Waals surface area contributed by atoms with Gasteiger partial charge in [0.05, 0.1) is 12.8 Å². The first-order chi connectivity index (χ1) is 10.6. The van der Waals surface area contributed by atoms with Crippen molar-refractivity contribution in [1.29, 1.82) is 0 Å². The van der Waals surface area contributed by atoms with Gasteiger partial charge in [0, 0.05) is 6.42 Å². The second kappa shape index (κ2) is 7.82. The van der Waals surface area contributed by atoms with Crippen LogP contribution < -0.4 is 5.32 Å². The van der Waals surface area contributed by atoms with Gasteiger partial charge in [-0.3, -0.25) is 4.79 Å². The number of rotatable bonds is 5. The second-order valence-corrected chi connectivity index (χ2v) is 5.78. The smallest absolute Gasteiger partial charge is 0.341 e. The number of benzene rings is 1. The molecule has 1 aromatic rings. The van der Waals surface area contributed by atoms with Crippen molar-refractivity contribution < 1.29 is 19.4 Å². The van der Waals surface area contributed by atoms with Crippen molar-refractivity contribution in [1.82, 2.24) is 0 Å². The van der Waals surface area contributed by atoms with Gasteiger partial charge in [-0.25, -0.2) is 4.79 Å². The Labute approximate surface area is 130 Å². The average Bonchev–Trinajstić information content (AvgIpc) is 2.55. The molecule has 0 aliphatic heterocycles. The molecule has 0 atom stereocenters. The molecule has 0 radical (unpaired) electrons. The van der Waals surface area contributed by atoms with E-state index in [4.69, 9.17) is 0 Å². The van der Waals surface area contributed by atoms with Crippen molar-refractivity contribution in [3.05, 3.63) is 23.8 Å². The lowest BCUT2D eigenvalue weighted by atomic mass is 9.86. The predicted octanol–water partition coefficient (Wildman–Crippen LogP) is 3.48. The first-order valence-electron chi connectivity index (χ1n) is 7.82. The molecule has 0 saturated heterocycles. The molecule has 1 aromatic carbocycles. The van der Waals surface area contributed by atoms with E-state index < -0.39 is 5.97 Å². The van der Waals surface area contributed by atoms with Crippen LogP contribution in [-0.2, 0) is 9.53 Å². The monoisotopic (exact) mass is 305 g/mol. The van der Waals surface area contributed by atoms with Gasteiger partial charge in [-0.15, -0.1) is 0 Å². The highest BCUT2D eigenvalue weighted by molar-refractivity contribution is 5.98. The molecule has 0 unspecified atom stereocenters. The number of anilines is 1. The highest BCUT2D eigenvalue weighted by Gasteiger charge is 2.18. The van der Waals surface area contributed by atoms with E-state index in [2.05, 4.69) is 10.1 Å². The Hall–Kier alpha value is -2.04. The number of phenols is 1. The van der Waals surface area contributed by atoms with E-state index in [1.54, 1.807) is 12.1 Å². The van der Waals surface area contributed by atoms with E-state index in [1.165, 1.54) is 45.3 Å². The van der Waals surface area contributed by atoms with E-state index >= 15 is 0 Å². The molecule has 0 spiro atoms. The normalized spacial score (nSPS) is 15.3. The summed E-state index contributed by atoms with van der Waals surface area (Å²) in [5.41, 5.74) is 0.295. The summed E-state index contributed by atoms with van der Waals surface area (Å²) in [5, 5.41) is 12.7. The van der Waals surface area contributed by atoms with Gasteiger partial charge in [-0.05, 0) is 24.5 Å². The van der Waals surface area contributed by atoms with Gasteiger partial charge < -0.3 is 15.2 Å². The van der Waals surface area contributed by atoms with Crippen LogP contribution in [0.2, 0.25) is 0 Å². The van der Waals surface area contributed by atoms with Crippen LogP contribution in [0.1, 0.15) is 55.3 Å². The zero-order chi connectivity index (χ0) is 15.9. The van der Waals surface area contributed by atoms with Gasteiger partial charge in [-0.1, -0.05) is 38.2 Å². The molecule has 1 amide bonds. The number of carbonyl (C=O) groups is 2. The Morgan fingerprint density at radius 1 is 1.27 bits per heavy atom. The molecule has 2 N–H and O–H groups in total. The van der Waals surface area contributed by atoms with Crippen LogP contribution in [0.15, 0.2) is 18.2 Å². The Bertz CT molecular complexity index is 535. The minimum atomic E-state index is -0.629. The number of para-hydroxylation sites is 1. The quantitative estimate of drug-likeness (QED) is 0.645. The summed E-state index contributed by atoms with van der Waals surface area (Å²) in [5.74, 6) is -0.381. The highest BCUT2D eigenvalue weighted by Crippen LogP contribution is 2.30. The number of amides is 1. The number of phenolic OH excluding ortho intramolecular Hbond substituents is 1.